The van der Waals surface area contributed by atoms with Crippen LogP contribution >= 0.6 is 0 Å². The molecule has 1 atom stereocenters. The highest BCUT2D eigenvalue weighted by Crippen LogP contribution is 2.35. The molecule has 3 N–H and O–H groups in total. The van der Waals surface area contributed by atoms with Crippen LogP contribution in [0.4, 0.5) is 27.8 Å². The third-order valence-corrected chi connectivity index (χ3v) is 6.77. The molecule has 1 aromatic carbocycles. The van der Waals surface area contributed by atoms with E-state index in [-0.39, 0.29) is 54.2 Å². The van der Waals surface area contributed by atoms with E-state index in [1.807, 2.05) is 0 Å². The molecule has 0 radical (unpaired) electrons. The molecule has 1 unspecified atom stereocenters. The summed E-state index contributed by atoms with van der Waals surface area (Å²) in [6, 6.07) is 8.97. The van der Waals surface area contributed by atoms with Gasteiger partial charge in [0.2, 0.25) is 5.91 Å². The molecule has 2 aromatic heterocycles. The van der Waals surface area contributed by atoms with E-state index >= 15 is 0 Å². The van der Waals surface area contributed by atoms with E-state index in [1.165, 1.54) is 41.6 Å². The second-order valence-electron chi connectivity index (χ2n) is 10.2. The monoisotopic (exact) mass is 603 g/mol. The SMILES string of the molecule is CC(CCOc1cc(-c2ccc(C(=O)N3CCC(F)(F)CC3)cn2)cc(C(F)(F)F)c1)NC(=O)C=Cc1ccc(N)nc1. The number of carbonyl (C=O) groups is 2. The predicted octanol–water partition coefficient (Wildman–Crippen LogP) is 5.60. The molecule has 0 bridgehead atoms. The number of piperidine rings is 1. The molecule has 1 aliphatic heterocycles. The van der Waals surface area contributed by atoms with Gasteiger partial charge in [-0.15, -0.1) is 0 Å². The number of pyridine rings is 2. The molecule has 0 saturated carbocycles. The Labute approximate surface area is 244 Å². The number of nitrogens with two attached hydrogens (primary N) is 1. The molecule has 13 heteroatoms. The van der Waals surface area contributed by atoms with Crippen LogP contribution in [0.3, 0.4) is 0 Å². The minimum absolute atomic E-state index is 0.0174. The van der Waals surface area contributed by atoms with Crippen LogP contribution < -0.4 is 15.8 Å². The largest absolute Gasteiger partial charge is 0.493 e. The maximum Gasteiger partial charge on any atom is 0.416 e. The molecule has 1 saturated heterocycles. The summed E-state index contributed by atoms with van der Waals surface area (Å²) in [5.74, 6) is -3.33. The van der Waals surface area contributed by atoms with Crippen molar-refractivity contribution in [2.24, 2.45) is 0 Å². The van der Waals surface area contributed by atoms with Crippen LogP contribution in [0.15, 0.2) is 60.9 Å². The molecule has 3 aromatic rings. The highest BCUT2D eigenvalue weighted by Gasteiger charge is 2.36. The van der Waals surface area contributed by atoms with Crippen molar-refractivity contribution in [3.8, 4) is 17.0 Å². The first-order valence-electron chi connectivity index (χ1n) is 13.5. The molecule has 1 fully saturated rings. The zero-order chi connectivity index (χ0) is 31.2. The highest BCUT2D eigenvalue weighted by atomic mass is 19.4. The van der Waals surface area contributed by atoms with Crippen LogP contribution in [0.25, 0.3) is 17.3 Å². The Bertz CT molecular complexity index is 1450. The number of nitrogens with zero attached hydrogens (tertiary/aromatic N) is 3. The number of aromatic nitrogens is 2. The fraction of sp³-hybridized carbons (Fsp3) is 0.333. The Morgan fingerprint density at radius 1 is 1.09 bits per heavy atom. The van der Waals surface area contributed by atoms with Gasteiger partial charge in [-0.2, -0.15) is 13.2 Å². The number of nitrogen functional groups attached to an aromatic ring is 1. The average Bonchev–Trinajstić information content (AvgIpc) is 2.96. The molecule has 4 rings (SSSR count). The first kappa shape index (κ1) is 31.4. The molecule has 0 spiro atoms. The number of benzene rings is 1. The third kappa shape index (κ3) is 8.97. The Balaban J connectivity index is 1.37. The lowest BCUT2D eigenvalue weighted by molar-refractivity contribution is -0.137. The van der Waals surface area contributed by atoms with Crippen molar-refractivity contribution in [3.63, 3.8) is 0 Å². The Kier molecular flexibility index (Phi) is 9.62. The van der Waals surface area contributed by atoms with Crippen molar-refractivity contribution in [1.29, 1.82) is 0 Å². The number of hydrogen-bond donors (Lipinski definition) is 2. The molecule has 1 aliphatic rings. The van der Waals surface area contributed by atoms with E-state index in [2.05, 4.69) is 15.3 Å². The van der Waals surface area contributed by atoms with Crippen LogP contribution in [-0.4, -0.2) is 58.3 Å². The number of nitrogens with one attached hydrogen (secondary N) is 1. The number of likely N-dealkylation sites (tertiary alicyclic amines) is 1. The normalized spacial score (nSPS) is 15.7. The van der Waals surface area contributed by atoms with Crippen molar-refractivity contribution in [3.05, 3.63) is 77.6 Å². The van der Waals surface area contributed by atoms with Gasteiger partial charge >= 0.3 is 6.18 Å². The quantitative estimate of drug-likeness (QED) is 0.243. The molecule has 2 amide bonds. The number of ether oxygens (including phenoxy) is 1. The van der Waals surface area contributed by atoms with Gasteiger partial charge in [0.25, 0.3) is 11.8 Å². The average molecular weight is 604 g/mol. The van der Waals surface area contributed by atoms with Crippen molar-refractivity contribution in [1.82, 2.24) is 20.2 Å². The number of halogens is 5. The topological polar surface area (TPSA) is 110 Å². The van der Waals surface area contributed by atoms with Gasteiger partial charge in [0.1, 0.15) is 11.6 Å². The number of rotatable bonds is 9. The first-order valence-corrected chi connectivity index (χ1v) is 13.5. The predicted molar refractivity (Wildman–Crippen MR) is 150 cm³/mol. The number of carbonyl (C=O) groups excluding carboxylic acids is 2. The van der Waals surface area contributed by atoms with Crippen molar-refractivity contribution in [2.75, 3.05) is 25.4 Å². The number of hydrogen-bond acceptors (Lipinski definition) is 6. The van der Waals surface area contributed by atoms with Crippen LogP contribution in [0.5, 0.6) is 5.75 Å². The number of alkyl halides is 5. The lowest BCUT2D eigenvalue weighted by atomic mass is 10.0. The maximum atomic E-state index is 13.7. The third-order valence-electron chi connectivity index (χ3n) is 6.77. The Morgan fingerprint density at radius 2 is 1.84 bits per heavy atom. The first-order chi connectivity index (χ1) is 20.3. The van der Waals surface area contributed by atoms with Gasteiger partial charge < -0.3 is 20.7 Å². The molecule has 3 heterocycles. The van der Waals surface area contributed by atoms with Gasteiger partial charge in [-0.1, -0.05) is 0 Å². The number of anilines is 1. The van der Waals surface area contributed by atoms with E-state index < -0.39 is 36.4 Å². The molecule has 0 aliphatic carbocycles. The van der Waals surface area contributed by atoms with Gasteiger partial charge in [-0.3, -0.25) is 14.6 Å². The van der Waals surface area contributed by atoms with E-state index in [0.717, 1.165) is 12.1 Å². The van der Waals surface area contributed by atoms with Crippen LogP contribution in [-0.2, 0) is 11.0 Å². The molecule has 43 heavy (non-hydrogen) atoms. The lowest BCUT2D eigenvalue weighted by Crippen LogP contribution is -2.42. The van der Waals surface area contributed by atoms with Crippen molar-refractivity contribution >= 4 is 23.7 Å². The summed E-state index contributed by atoms with van der Waals surface area (Å²) < 4.78 is 73.4. The fourth-order valence-corrected chi connectivity index (χ4v) is 4.31. The van der Waals surface area contributed by atoms with Gasteiger partial charge in [0, 0.05) is 62.4 Å². The molecular weight excluding hydrogens is 573 g/mol. The minimum atomic E-state index is -4.66. The zero-order valence-electron chi connectivity index (χ0n) is 23.2. The summed E-state index contributed by atoms with van der Waals surface area (Å²) in [6.45, 7) is 1.56. The van der Waals surface area contributed by atoms with Gasteiger partial charge in [-0.05, 0) is 61.0 Å². The van der Waals surface area contributed by atoms with E-state index in [4.69, 9.17) is 10.5 Å². The second kappa shape index (κ2) is 13.2. The Hall–Kier alpha value is -4.55. The van der Waals surface area contributed by atoms with Crippen LogP contribution in [0.1, 0.15) is 47.7 Å². The number of amides is 2. The molecule has 228 valence electrons. The van der Waals surface area contributed by atoms with E-state index in [9.17, 15) is 31.5 Å². The standard InChI is InChI=1S/C30H30F5N5O3/c1-19(39-27(41)7-3-20-2-6-26(36)38-17-20)8-13-43-24-15-22(14-23(16-24)30(33,34)35)25-5-4-21(18-37-25)28(42)40-11-9-29(31,32)10-12-40/h2-7,14-19H,8-13H2,1H3,(H2,36,38)(H,39,41). The molecule has 8 nitrogen and oxygen atoms in total. The maximum absolute atomic E-state index is 13.7. The Morgan fingerprint density at radius 3 is 2.47 bits per heavy atom. The van der Waals surface area contributed by atoms with Crippen LogP contribution in [0, 0.1) is 0 Å². The fourth-order valence-electron chi connectivity index (χ4n) is 4.31. The second-order valence-corrected chi connectivity index (χ2v) is 10.2. The summed E-state index contributed by atoms with van der Waals surface area (Å²) in [5.41, 5.74) is 5.71. The van der Waals surface area contributed by atoms with Gasteiger partial charge in [-0.25, -0.2) is 13.8 Å². The van der Waals surface area contributed by atoms with Crippen LogP contribution in [0.2, 0.25) is 0 Å². The van der Waals surface area contributed by atoms with E-state index in [1.54, 1.807) is 25.1 Å². The minimum Gasteiger partial charge on any atom is -0.493 e. The van der Waals surface area contributed by atoms with Gasteiger partial charge in [0.15, 0.2) is 0 Å². The lowest BCUT2D eigenvalue weighted by Gasteiger charge is -2.31. The van der Waals surface area contributed by atoms with Gasteiger partial charge in [0.05, 0.1) is 23.4 Å². The zero-order valence-corrected chi connectivity index (χ0v) is 23.2. The summed E-state index contributed by atoms with van der Waals surface area (Å²) in [6.07, 6.45) is 0.434. The summed E-state index contributed by atoms with van der Waals surface area (Å²) >= 11 is 0. The van der Waals surface area contributed by atoms with Crippen molar-refractivity contribution in [2.45, 2.75) is 44.3 Å². The van der Waals surface area contributed by atoms with Crippen molar-refractivity contribution < 1.29 is 36.3 Å². The van der Waals surface area contributed by atoms with E-state index in [0.29, 0.717) is 17.8 Å². The molecular formula is C30H30F5N5O3. The summed E-state index contributed by atoms with van der Waals surface area (Å²) in [5, 5.41) is 2.75. The summed E-state index contributed by atoms with van der Waals surface area (Å²) in [7, 11) is 0. The highest BCUT2D eigenvalue weighted by molar-refractivity contribution is 5.94. The summed E-state index contributed by atoms with van der Waals surface area (Å²) in [4.78, 5) is 34.3. The smallest absolute Gasteiger partial charge is 0.416 e.